The lowest BCUT2D eigenvalue weighted by Gasteiger charge is -2.23. The van der Waals surface area contributed by atoms with E-state index >= 15 is 0 Å². The van der Waals surface area contributed by atoms with Gasteiger partial charge >= 0.3 is 0 Å². The van der Waals surface area contributed by atoms with Crippen LogP contribution < -0.4 is 10.2 Å². The second-order valence-corrected chi connectivity index (χ2v) is 4.30. The number of nitrogens with zero attached hydrogens (tertiary/aromatic N) is 1. The Hall–Kier alpha value is -1.96. The highest BCUT2D eigenvalue weighted by atomic mass is 15.1. The zero-order chi connectivity index (χ0) is 12.8. The Bertz CT molecular complexity index is 462. The molecule has 0 aliphatic carbocycles. The number of anilines is 2. The molecule has 0 bridgehead atoms. The topological polar surface area (TPSA) is 15.3 Å². The number of hydrogen-bond donors (Lipinski definition) is 1. The summed E-state index contributed by atoms with van der Waals surface area (Å²) in [6, 6.07) is 19.1. The van der Waals surface area contributed by atoms with Gasteiger partial charge in [-0.25, -0.2) is 0 Å². The zero-order valence-electron chi connectivity index (χ0n) is 11.1. The first kappa shape index (κ1) is 12.5. The average molecular weight is 240 g/mol. The summed E-state index contributed by atoms with van der Waals surface area (Å²) in [5.74, 6) is 0. The largest absolute Gasteiger partial charge is 0.388 e. The van der Waals surface area contributed by atoms with Crippen LogP contribution in [0.15, 0.2) is 54.6 Å². The molecule has 1 N–H and O–H groups in total. The smallest absolute Gasteiger partial charge is 0.0429 e. The highest BCUT2D eigenvalue weighted by molar-refractivity contribution is 5.48. The molecule has 0 saturated heterocycles. The van der Waals surface area contributed by atoms with Crippen LogP contribution in [0.3, 0.4) is 0 Å². The second kappa shape index (κ2) is 6.10. The van der Waals surface area contributed by atoms with Crippen molar-refractivity contribution in [3.05, 3.63) is 60.2 Å². The van der Waals surface area contributed by atoms with Gasteiger partial charge < -0.3 is 10.2 Å². The van der Waals surface area contributed by atoms with E-state index in [1.807, 2.05) is 7.05 Å². The van der Waals surface area contributed by atoms with E-state index in [0.29, 0.717) is 0 Å². The predicted molar refractivity (Wildman–Crippen MR) is 79.2 cm³/mol. The Labute approximate surface area is 109 Å². The summed E-state index contributed by atoms with van der Waals surface area (Å²) in [4.78, 5) is 2.37. The minimum atomic E-state index is 0.949. The second-order valence-electron chi connectivity index (χ2n) is 4.30. The summed E-state index contributed by atoms with van der Waals surface area (Å²) in [7, 11) is 1.94. The summed E-state index contributed by atoms with van der Waals surface area (Å²) < 4.78 is 0. The van der Waals surface area contributed by atoms with Crippen molar-refractivity contribution < 1.29 is 0 Å². The first-order chi connectivity index (χ1) is 8.83. The van der Waals surface area contributed by atoms with E-state index in [1.165, 1.54) is 11.3 Å². The molecule has 2 heteroatoms. The molecule has 0 aromatic heterocycles. The Morgan fingerprint density at radius 3 is 2.17 bits per heavy atom. The highest BCUT2D eigenvalue weighted by Crippen LogP contribution is 2.17. The maximum Gasteiger partial charge on any atom is 0.0429 e. The summed E-state index contributed by atoms with van der Waals surface area (Å²) in [5, 5.41) is 3.14. The number of benzene rings is 2. The molecule has 0 spiro atoms. The lowest BCUT2D eigenvalue weighted by atomic mass is 10.2. The van der Waals surface area contributed by atoms with Crippen LogP contribution in [0, 0.1) is 0 Å². The molecule has 0 unspecified atom stereocenters. The van der Waals surface area contributed by atoms with Gasteiger partial charge in [0.2, 0.25) is 0 Å². The van der Waals surface area contributed by atoms with Crippen molar-refractivity contribution in [3.8, 4) is 0 Å². The predicted octanol–water partition coefficient (Wildman–Crippen LogP) is 3.75. The Morgan fingerprint density at radius 1 is 0.944 bits per heavy atom. The van der Waals surface area contributed by atoms with Crippen molar-refractivity contribution in [2.24, 2.45) is 0 Å². The normalized spacial score (nSPS) is 10.1. The fourth-order valence-electron chi connectivity index (χ4n) is 2.02. The number of para-hydroxylation sites is 1. The van der Waals surface area contributed by atoms with Crippen molar-refractivity contribution in [1.29, 1.82) is 0 Å². The molecule has 0 radical (unpaired) electrons. The molecule has 94 valence electrons. The standard InChI is InChI=1S/C16H20N2/c1-3-18(16-7-5-4-6-8-16)13-14-9-11-15(17-2)12-10-14/h4-12,17H,3,13H2,1-2H3. The van der Waals surface area contributed by atoms with Crippen LogP contribution in [-0.2, 0) is 6.54 Å². The van der Waals surface area contributed by atoms with Gasteiger partial charge in [0, 0.05) is 31.5 Å². The molecule has 0 atom stereocenters. The third kappa shape index (κ3) is 3.04. The summed E-state index contributed by atoms with van der Waals surface area (Å²) in [5.41, 5.74) is 3.76. The summed E-state index contributed by atoms with van der Waals surface area (Å²) >= 11 is 0. The van der Waals surface area contributed by atoms with Gasteiger partial charge in [0.1, 0.15) is 0 Å². The van der Waals surface area contributed by atoms with Crippen LogP contribution in [0.25, 0.3) is 0 Å². The van der Waals surface area contributed by atoms with Crippen LogP contribution in [0.2, 0.25) is 0 Å². The monoisotopic (exact) mass is 240 g/mol. The SMILES string of the molecule is CCN(Cc1ccc(NC)cc1)c1ccccc1. The Kier molecular flexibility index (Phi) is 4.24. The lowest BCUT2D eigenvalue weighted by molar-refractivity contribution is 0.832. The molecule has 18 heavy (non-hydrogen) atoms. The summed E-state index contributed by atoms with van der Waals surface area (Å²) in [6.45, 7) is 4.15. The fraction of sp³-hybridized carbons (Fsp3) is 0.250. The molecular weight excluding hydrogens is 220 g/mol. The van der Waals surface area contributed by atoms with Gasteiger partial charge in [-0.1, -0.05) is 30.3 Å². The Morgan fingerprint density at radius 2 is 1.61 bits per heavy atom. The number of nitrogens with one attached hydrogen (secondary N) is 1. The van der Waals surface area contributed by atoms with Crippen LogP contribution in [0.5, 0.6) is 0 Å². The van der Waals surface area contributed by atoms with Crippen LogP contribution >= 0.6 is 0 Å². The van der Waals surface area contributed by atoms with Crippen LogP contribution in [0.4, 0.5) is 11.4 Å². The van der Waals surface area contributed by atoms with Gasteiger partial charge in [0.25, 0.3) is 0 Å². The van der Waals surface area contributed by atoms with E-state index in [2.05, 4.69) is 71.7 Å². The molecule has 0 aliphatic rings. The van der Waals surface area contributed by atoms with Gasteiger partial charge in [0.05, 0.1) is 0 Å². The minimum absolute atomic E-state index is 0.949. The van der Waals surface area contributed by atoms with Crippen molar-refractivity contribution in [2.45, 2.75) is 13.5 Å². The van der Waals surface area contributed by atoms with E-state index in [1.54, 1.807) is 0 Å². The quantitative estimate of drug-likeness (QED) is 0.856. The summed E-state index contributed by atoms with van der Waals surface area (Å²) in [6.07, 6.45) is 0. The molecule has 2 aromatic carbocycles. The Balaban J connectivity index is 2.10. The maximum atomic E-state index is 3.14. The minimum Gasteiger partial charge on any atom is -0.388 e. The average Bonchev–Trinajstić information content (AvgIpc) is 2.46. The van der Waals surface area contributed by atoms with Gasteiger partial charge in [-0.05, 0) is 36.8 Å². The first-order valence-corrected chi connectivity index (χ1v) is 6.40. The molecule has 0 heterocycles. The van der Waals surface area contributed by atoms with E-state index in [-0.39, 0.29) is 0 Å². The van der Waals surface area contributed by atoms with Crippen molar-refractivity contribution in [1.82, 2.24) is 0 Å². The van der Waals surface area contributed by atoms with Crippen LogP contribution in [-0.4, -0.2) is 13.6 Å². The molecule has 2 rings (SSSR count). The molecule has 0 saturated carbocycles. The van der Waals surface area contributed by atoms with Crippen molar-refractivity contribution in [3.63, 3.8) is 0 Å². The maximum absolute atomic E-state index is 3.14. The van der Waals surface area contributed by atoms with E-state index in [0.717, 1.165) is 18.8 Å². The first-order valence-electron chi connectivity index (χ1n) is 6.40. The third-order valence-electron chi connectivity index (χ3n) is 3.12. The molecule has 0 aliphatic heterocycles. The van der Waals surface area contributed by atoms with Gasteiger partial charge in [-0.3, -0.25) is 0 Å². The van der Waals surface area contributed by atoms with Crippen LogP contribution in [0.1, 0.15) is 12.5 Å². The molecule has 0 fully saturated rings. The zero-order valence-corrected chi connectivity index (χ0v) is 11.1. The van der Waals surface area contributed by atoms with E-state index in [9.17, 15) is 0 Å². The van der Waals surface area contributed by atoms with Crippen molar-refractivity contribution >= 4 is 11.4 Å². The molecule has 0 amide bonds. The highest BCUT2D eigenvalue weighted by Gasteiger charge is 2.04. The third-order valence-corrected chi connectivity index (χ3v) is 3.12. The number of hydrogen-bond acceptors (Lipinski definition) is 2. The van der Waals surface area contributed by atoms with Crippen molar-refractivity contribution in [2.75, 3.05) is 23.8 Å². The van der Waals surface area contributed by atoms with Gasteiger partial charge in [-0.2, -0.15) is 0 Å². The van der Waals surface area contributed by atoms with Gasteiger partial charge in [0.15, 0.2) is 0 Å². The van der Waals surface area contributed by atoms with Gasteiger partial charge in [-0.15, -0.1) is 0 Å². The lowest BCUT2D eigenvalue weighted by Crippen LogP contribution is -2.21. The molecule has 2 nitrogen and oxygen atoms in total. The van der Waals surface area contributed by atoms with E-state index in [4.69, 9.17) is 0 Å². The molecule has 2 aromatic rings. The van der Waals surface area contributed by atoms with E-state index < -0.39 is 0 Å². The fourth-order valence-corrected chi connectivity index (χ4v) is 2.02. The number of rotatable bonds is 5. The molecular formula is C16H20N2.